The van der Waals surface area contributed by atoms with Crippen LogP contribution in [-0.4, -0.2) is 41.7 Å². The summed E-state index contributed by atoms with van der Waals surface area (Å²) in [5.74, 6) is -0.706. The first-order valence-electron chi connectivity index (χ1n) is 9.82. The second-order valence-electron chi connectivity index (χ2n) is 7.23. The van der Waals surface area contributed by atoms with Crippen LogP contribution in [0.2, 0.25) is 0 Å². The van der Waals surface area contributed by atoms with Gasteiger partial charge in [0.05, 0.1) is 26.2 Å². The molecule has 2 amide bonds. The van der Waals surface area contributed by atoms with Crippen LogP contribution in [0.1, 0.15) is 49.2 Å². The van der Waals surface area contributed by atoms with Crippen LogP contribution in [0.25, 0.3) is 0 Å². The lowest BCUT2D eigenvalue weighted by atomic mass is 10.1. The average Bonchev–Trinajstić information content (AvgIpc) is 2.72. The second kappa shape index (κ2) is 10.8. The van der Waals surface area contributed by atoms with E-state index in [0.717, 1.165) is 0 Å². The number of nitrogens with zero attached hydrogens (tertiary/aromatic N) is 2. The molecular weight excluding hydrogens is 429 g/mol. The molecule has 2 N–H and O–H groups in total. The fourth-order valence-electron chi connectivity index (χ4n) is 2.52. The van der Waals surface area contributed by atoms with E-state index in [1.807, 2.05) is 0 Å². The maximum absolute atomic E-state index is 12.7. The molecule has 174 valence electrons. The third-order valence-electron chi connectivity index (χ3n) is 4.32. The van der Waals surface area contributed by atoms with Crippen molar-refractivity contribution in [3.05, 3.63) is 41.6 Å². The molecule has 32 heavy (non-hydrogen) atoms. The second-order valence-corrected chi connectivity index (χ2v) is 7.23. The van der Waals surface area contributed by atoms with Crippen molar-refractivity contribution in [2.75, 3.05) is 19.0 Å². The number of anilines is 1. The molecule has 0 saturated carbocycles. The van der Waals surface area contributed by atoms with Crippen LogP contribution >= 0.6 is 0 Å². The molecule has 1 atom stereocenters. The topological polar surface area (TPSA) is 102 Å². The molecule has 0 aliphatic rings. The number of halogens is 3. The SMILES string of the molecule is COc1nc(OCCC(F)(F)F)ccc1C(=O)NC(C)c1ccnc(NC(=O)C(C)C)c1. The van der Waals surface area contributed by atoms with Gasteiger partial charge in [0.1, 0.15) is 11.4 Å². The number of methoxy groups -OCH3 is 1. The normalized spacial score (nSPS) is 12.2. The zero-order valence-electron chi connectivity index (χ0n) is 18.1. The average molecular weight is 454 g/mol. The predicted octanol–water partition coefficient (Wildman–Crippen LogP) is 3.90. The fourth-order valence-corrected chi connectivity index (χ4v) is 2.52. The summed E-state index contributed by atoms with van der Waals surface area (Å²) in [6, 6.07) is 5.55. The lowest BCUT2D eigenvalue weighted by molar-refractivity contribution is -0.139. The minimum absolute atomic E-state index is 0.0844. The third-order valence-corrected chi connectivity index (χ3v) is 4.32. The largest absolute Gasteiger partial charge is 0.480 e. The van der Waals surface area contributed by atoms with Gasteiger partial charge >= 0.3 is 6.18 Å². The first-order chi connectivity index (χ1) is 15.0. The van der Waals surface area contributed by atoms with E-state index < -0.39 is 31.2 Å². The van der Waals surface area contributed by atoms with Crippen LogP contribution in [0.5, 0.6) is 11.8 Å². The number of pyridine rings is 2. The number of carbonyl (C=O) groups excluding carboxylic acids is 2. The van der Waals surface area contributed by atoms with Crippen molar-refractivity contribution in [2.45, 2.75) is 39.4 Å². The van der Waals surface area contributed by atoms with E-state index in [1.165, 1.54) is 25.4 Å². The van der Waals surface area contributed by atoms with Gasteiger partial charge in [0.25, 0.3) is 5.91 Å². The molecule has 2 aromatic heterocycles. The van der Waals surface area contributed by atoms with Gasteiger partial charge in [-0.1, -0.05) is 13.8 Å². The summed E-state index contributed by atoms with van der Waals surface area (Å²) >= 11 is 0. The van der Waals surface area contributed by atoms with Gasteiger partial charge in [0, 0.05) is 18.2 Å². The Morgan fingerprint density at radius 1 is 1.16 bits per heavy atom. The zero-order valence-corrected chi connectivity index (χ0v) is 18.1. The van der Waals surface area contributed by atoms with Crippen LogP contribution in [0.4, 0.5) is 19.0 Å². The van der Waals surface area contributed by atoms with Crippen LogP contribution in [0, 0.1) is 5.92 Å². The van der Waals surface area contributed by atoms with Gasteiger partial charge in [-0.2, -0.15) is 18.2 Å². The summed E-state index contributed by atoms with van der Waals surface area (Å²) in [7, 11) is 1.29. The highest BCUT2D eigenvalue weighted by atomic mass is 19.4. The Morgan fingerprint density at radius 2 is 1.88 bits per heavy atom. The molecule has 8 nitrogen and oxygen atoms in total. The molecule has 0 bridgehead atoms. The Kier molecular flexibility index (Phi) is 8.39. The van der Waals surface area contributed by atoms with Gasteiger partial charge in [0.2, 0.25) is 17.7 Å². The Hall–Kier alpha value is -3.37. The molecule has 0 aromatic carbocycles. The van der Waals surface area contributed by atoms with Gasteiger partial charge in [-0.25, -0.2) is 4.98 Å². The smallest absolute Gasteiger partial charge is 0.392 e. The summed E-state index contributed by atoms with van der Waals surface area (Å²) in [5.41, 5.74) is 0.788. The molecule has 0 aliphatic heterocycles. The fraction of sp³-hybridized carbons (Fsp3) is 0.429. The molecule has 0 fully saturated rings. The lowest BCUT2D eigenvalue weighted by Gasteiger charge is -2.17. The minimum atomic E-state index is -4.34. The highest BCUT2D eigenvalue weighted by Crippen LogP contribution is 2.24. The minimum Gasteiger partial charge on any atom is -0.480 e. The van der Waals surface area contributed by atoms with Gasteiger partial charge in [-0.3, -0.25) is 9.59 Å². The van der Waals surface area contributed by atoms with Gasteiger partial charge < -0.3 is 20.1 Å². The Labute approximate surface area is 183 Å². The van der Waals surface area contributed by atoms with E-state index in [0.29, 0.717) is 11.4 Å². The quantitative estimate of drug-likeness (QED) is 0.596. The van der Waals surface area contributed by atoms with E-state index in [-0.39, 0.29) is 29.1 Å². The Bertz CT molecular complexity index is 951. The highest BCUT2D eigenvalue weighted by Gasteiger charge is 2.27. The highest BCUT2D eigenvalue weighted by molar-refractivity contribution is 5.96. The molecule has 2 rings (SSSR count). The van der Waals surface area contributed by atoms with Crippen LogP contribution < -0.4 is 20.1 Å². The number of amides is 2. The Balaban J connectivity index is 2.07. The van der Waals surface area contributed by atoms with Crippen molar-refractivity contribution >= 4 is 17.6 Å². The van der Waals surface area contributed by atoms with Crippen LogP contribution in [-0.2, 0) is 4.79 Å². The monoisotopic (exact) mass is 454 g/mol. The van der Waals surface area contributed by atoms with E-state index in [4.69, 9.17) is 9.47 Å². The molecule has 0 aliphatic carbocycles. The number of aromatic nitrogens is 2. The van der Waals surface area contributed by atoms with Gasteiger partial charge in [-0.15, -0.1) is 0 Å². The number of hydrogen-bond acceptors (Lipinski definition) is 6. The molecular formula is C21H25F3N4O4. The molecule has 2 heterocycles. The number of rotatable bonds is 9. The molecule has 11 heteroatoms. The first kappa shape index (κ1) is 24.9. The third kappa shape index (κ3) is 7.40. The molecule has 0 saturated heterocycles. The zero-order chi connectivity index (χ0) is 23.9. The van der Waals surface area contributed by atoms with Crippen molar-refractivity contribution in [1.29, 1.82) is 0 Å². The summed E-state index contributed by atoms with van der Waals surface area (Å²) in [6.45, 7) is 4.67. The van der Waals surface area contributed by atoms with Crippen molar-refractivity contribution in [1.82, 2.24) is 15.3 Å². The molecule has 2 aromatic rings. The van der Waals surface area contributed by atoms with Gasteiger partial charge in [-0.05, 0) is 30.7 Å². The van der Waals surface area contributed by atoms with E-state index >= 15 is 0 Å². The van der Waals surface area contributed by atoms with E-state index in [1.54, 1.807) is 32.9 Å². The van der Waals surface area contributed by atoms with Crippen molar-refractivity contribution < 1.29 is 32.2 Å². The molecule has 0 radical (unpaired) electrons. The van der Waals surface area contributed by atoms with Crippen molar-refractivity contribution in [2.24, 2.45) is 5.92 Å². The van der Waals surface area contributed by atoms with Crippen LogP contribution in [0.15, 0.2) is 30.5 Å². The van der Waals surface area contributed by atoms with E-state index in [2.05, 4.69) is 20.6 Å². The first-order valence-corrected chi connectivity index (χ1v) is 9.82. The summed E-state index contributed by atoms with van der Waals surface area (Å²) in [5, 5.41) is 5.48. The van der Waals surface area contributed by atoms with Crippen molar-refractivity contribution in [3.63, 3.8) is 0 Å². The van der Waals surface area contributed by atoms with Crippen molar-refractivity contribution in [3.8, 4) is 11.8 Å². The molecule has 0 spiro atoms. The standard InChI is InChI=1S/C21H25F3N4O4/c1-12(2)18(29)27-16-11-14(7-9-25-16)13(3)26-19(30)15-5-6-17(28-20(15)31-4)32-10-8-21(22,23)24/h5-7,9,11-13H,8,10H2,1-4H3,(H,26,30)(H,25,27,29). The maximum Gasteiger partial charge on any atom is 0.392 e. The number of hydrogen-bond donors (Lipinski definition) is 2. The summed E-state index contributed by atoms with van der Waals surface area (Å²) in [6.07, 6.45) is -3.95. The maximum atomic E-state index is 12.7. The summed E-state index contributed by atoms with van der Waals surface area (Å²) < 4.78 is 46.8. The number of nitrogens with one attached hydrogen (secondary N) is 2. The molecule has 1 unspecified atom stereocenters. The predicted molar refractivity (Wildman–Crippen MR) is 111 cm³/mol. The number of ether oxygens (including phenoxy) is 2. The number of carbonyl (C=O) groups is 2. The summed E-state index contributed by atoms with van der Waals surface area (Å²) in [4.78, 5) is 32.6. The van der Waals surface area contributed by atoms with E-state index in [9.17, 15) is 22.8 Å². The van der Waals surface area contributed by atoms with Crippen LogP contribution in [0.3, 0.4) is 0 Å². The van der Waals surface area contributed by atoms with Gasteiger partial charge in [0.15, 0.2) is 0 Å². The number of alkyl halides is 3. The Morgan fingerprint density at radius 3 is 2.50 bits per heavy atom. The lowest BCUT2D eigenvalue weighted by Crippen LogP contribution is -2.27.